The van der Waals surface area contributed by atoms with Crippen molar-refractivity contribution >= 4 is 23.1 Å². The summed E-state index contributed by atoms with van der Waals surface area (Å²) in [4.78, 5) is 18.7. The van der Waals surface area contributed by atoms with Gasteiger partial charge in [0.05, 0.1) is 0 Å². The molecule has 100 valence electrons. The Labute approximate surface area is 116 Å². The second-order valence-corrected chi connectivity index (χ2v) is 5.41. The van der Waals surface area contributed by atoms with Gasteiger partial charge < -0.3 is 10.0 Å². The normalized spacial score (nSPS) is 10.4. The van der Waals surface area contributed by atoms with Crippen LogP contribution in [0.4, 0.5) is 5.82 Å². The number of aromatic nitrogens is 1. The fraction of sp³-hybridized carbons (Fsp3) is 0.286. The molecule has 0 bridgehead atoms. The first-order valence-electron chi connectivity index (χ1n) is 6.02. The van der Waals surface area contributed by atoms with Crippen molar-refractivity contribution in [1.82, 2.24) is 4.98 Å². The molecule has 0 fully saturated rings. The quantitative estimate of drug-likeness (QED) is 0.912. The van der Waals surface area contributed by atoms with Crippen LogP contribution in [0.5, 0.6) is 0 Å². The number of anilines is 1. The van der Waals surface area contributed by atoms with Crippen molar-refractivity contribution in [3.05, 3.63) is 45.8 Å². The molecule has 0 amide bonds. The summed E-state index contributed by atoms with van der Waals surface area (Å²) in [6.45, 7) is 2.54. The van der Waals surface area contributed by atoms with Crippen molar-refractivity contribution in [3.8, 4) is 0 Å². The number of pyridine rings is 1. The first-order valence-corrected chi connectivity index (χ1v) is 6.90. The van der Waals surface area contributed by atoms with Crippen LogP contribution in [0.2, 0.25) is 0 Å². The van der Waals surface area contributed by atoms with Crippen LogP contribution < -0.4 is 4.90 Å². The maximum absolute atomic E-state index is 11.3. The molecule has 2 aromatic heterocycles. The molecule has 5 heteroatoms. The van der Waals surface area contributed by atoms with Gasteiger partial charge in [0.2, 0.25) is 0 Å². The summed E-state index contributed by atoms with van der Waals surface area (Å²) in [6, 6.07) is 5.83. The Balaban J connectivity index is 2.16. The zero-order chi connectivity index (χ0) is 13.8. The topological polar surface area (TPSA) is 53.4 Å². The highest BCUT2D eigenvalue weighted by Gasteiger charge is 2.17. The van der Waals surface area contributed by atoms with Gasteiger partial charge in [-0.2, -0.15) is 0 Å². The predicted molar refractivity (Wildman–Crippen MR) is 77.2 cm³/mol. The summed E-state index contributed by atoms with van der Waals surface area (Å²) in [5, 5.41) is 11.3. The number of aryl methyl sites for hydroxylation is 1. The van der Waals surface area contributed by atoms with Crippen molar-refractivity contribution in [3.63, 3.8) is 0 Å². The maximum atomic E-state index is 11.3. The molecule has 19 heavy (non-hydrogen) atoms. The Morgan fingerprint density at radius 1 is 1.47 bits per heavy atom. The molecule has 2 aromatic rings. The lowest BCUT2D eigenvalue weighted by Crippen LogP contribution is -2.24. The van der Waals surface area contributed by atoms with E-state index in [0.717, 1.165) is 18.5 Å². The van der Waals surface area contributed by atoms with E-state index in [1.807, 2.05) is 23.4 Å². The third kappa shape index (κ3) is 3.12. The summed E-state index contributed by atoms with van der Waals surface area (Å²) >= 11 is 1.71. The third-order valence-electron chi connectivity index (χ3n) is 2.99. The summed E-state index contributed by atoms with van der Waals surface area (Å²) in [5.74, 6) is -0.396. The Kier molecular flexibility index (Phi) is 4.16. The van der Waals surface area contributed by atoms with Crippen LogP contribution >= 0.6 is 11.3 Å². The molecule has 0 aliphatic rings. The van der Waals surface area contributed by atoms with Gasteiger partial charge >= 0.3 is 5.97 Å². The largest absolute Gasteiger partial charge is 0.478 e. The molecule has 0 radical (unpaired) electrons. The van der Waals surface area contributed by atoms with E-state index in [4.69, 9.17) is 0 Å². The number of thiophene rings is 1. The highest BCUT2D eigenvalue weighted by atomic mass is 32.1. The Bertz CT molecular complexity index is 567. The summed E-state index contributed by atoms with van der Waals surface area (Å²) in [6.07, 6.45) is 2.54. The van der Waals surface area contributed by atoms with Crippen molar-refractivity contribution in [1.29, 1.82) is 0 Å². The van der Waals surface area contributed by atoms with Crippen molar-refractivity contribution in [2.75, 3.05) is 18.5 Å². The zero-order valence-corrected chi connectivity index (χ0v) is 11.8. The van der Waals surface area contributed by atoms with Crippen molar-refractivity contribution < 1.29 is 9.90 Å². The second kappa shape index (κ2) is 5.84. The van der Waals surface area contributed by atoms with Crippen molar-refractivity contribution in [2.45, 2.75) is 13.3 Å². The van der Waals surface area contributed by atoms with E-state index in [-0.39, 0.29) is 5.56 Å². The van der Waals surface area contributed by atoms with Gasteiger partial charge in [-0.25, -0.2) is 9.78 Å². The first-order chi connectivity index (χ1) is 9.09. The number of likely N-dealkylation sites (N-methyl/N-ethyl adjacent to an activating group) is 1. The Hall–Kier alpha value is -1.88. The predicted octanol–water partition coefficient (Wildman–Crippen LogP) is 2.83. The SMILES string of the molecule is Cc1ccnc(N(C)CCc2cccs2)c1C(=O)O. The van der Waals surface area contributed by atoms with Gasteiger partial charge in [0.15, 0.2) is 0 Å². The lowest BCUT2D eigenvalue weighted by atomic mass is 10.1. The average Bonchev–Trinajstić information content (AvgIpc) is 2.88. The van der Waals surface area contributed by atoms with E-state index in [9.17, 15) is 9.90 Å². The Morgan fingerprint density at radius 3 is 2.89 bits per heavy atom. The molecule has 0 spiro atoms. The second-order valence-electron chi connectivity index (χ2n) is 4.38. The van der Waals surface area contributed by atoms with Gasteiger partial charge in [-0.05, 0) is 36.4 Å². The van der Waals surface area contributed by atoms with Gasteiger partial charge in [-0.15, -0.1) is 11.3 Å². The molecule has 0 atom stereocenters. The van der Waals surface area contributed by atoms with Gasteiger partial charge in [-0.3, -0.25) is 0 Å². The van der Waals surface area contributed by atoms with E-state index in [0.29, 0.717) is 5.82 Å². The number of carboxylic acid groups (broad SMARTS) is 1. The Morgan fingerprint density at radius 2 is 2.26 bits per heavy atom. The monoisotopic (exact) mass is 276 g/mol. The van der Waals surface area contributed by atoms with E-state index in [1.165, 1.54) is 4.88 Å². The minimum atomic E-state index is -0.927. The van der Waals surface area contributed by atoms with Gasteiger partial charge in [0.1, 0.15) is 11.4 Å². The van der Waals surface area contributed by atoms with Crippen LogP contribution in [0, 0.1) is 6.92 Å². The van der Waals surface area contributed by atoms with E-state index in [2.05, 4.69) is 11.1 Å². The van der Waals surface area contributed by atoms with Gasteiger partial charge in [0, 0.05) is 24.7 Å². The van der Waals surface area contributed by atoms with Crippen LogP contribution in [0.15, 0.2) is 29.8 Å². The van der Waals surface area contributed by atoms with Crippen LogP contribution in [-0.2, 0) is 6.42 Å². The molecule has 0 aromatic carbocycles. The standard InChI is InChI=1S/C14H16N2O2S/c1-10-5-7-15-13(12(10)14(17)18)16(2)8-6-11-4-3-9-19-11/h3-5,7,9H,6,8H2,1-2H3,(H,17,18). The minimum Gasteiger partial charge on any atom is -0.478 e. The molecular weight excluding hydrogens is 260 g/mol. The van der Waals surface area contributed by atoms with E-state index in [1.54, 1.807) is 30.5 Å². The highest BCUT2D eigenvalue weighted by Crippen LogP contribution is 2.20. The number of carbonyl (C=O) groups is 1. The molecule has 2 rings (SSSR count). The van der Waals surface area contributed by atoms with Crippen LogP contribution in [0.1, 0.15) is 20.8 Å². The first kappa shape index (κ1) is 13.5. The number of aromatic carboxylic acids is 1. The van der Waals surface area contributed by atoms with Crippen LogP contribution in [0.3, 0.4) is 0 Å². The van der Waals surface area contributed by atoms with Gasteiger partial charge in [-0.1, -0.05) is 6.07 Å². The maximum Gasteiger partial charge on any atom is 0.339 e. The minimum absolute atomic E-state index is 0.288. The molecule has 0 saturated carbocycles. The third-order valence-corrected chi connectivity index (χ3v) is 3.92. The van der Waals surface area contributed by atoms with E-state index < -0.39 is 5.97 Å². The zero-order valence-electron chi connectivity index (χ0n) is 11.0. The lowest BCUT2D eigenvalue weighted by molar-refractivity contribution is 0.0696. The number of carboxylic acids is 1. The molecule has 2 heterocycles. The smallest absolute Gasteiger partial charge is 0.339 e. The highest BCUT2D eigenvalue weighted by molar-refractivity contribution is 7.09. The molecule has 0 aliphatic heterocycles. The fourth-order valence-electron chi connectivity index (χ4n) is 1.94. The van der Waals surface area contributed by atoms with Crippen molar-refractivity contribution in [2.24, 2.45) is 0 Å². The lowest BCUT2D eigenvalue weighted by Gasteiger charge is -2.20. The summed E-state index contributed by atoms with van der Waals surface area (Å²) in [7, 11) is 1.88. The molecular formula is C14H16N2O2S. The number of hydrogen-bond donors (Lipinski definition) is 1. The van der Waals surface area contributed by atoms with Gasteiger partial charge in [0.25, 0.3) is 0 Å². The molecule has 4 nitrogen and oxygen atoms in total. The molecule has 1 N–H and O–H groups in total. The molecule has 0 aliphatic carbocycles. The molecule has 0 saturated heterocycles. The molecule has 0 unspecified atom stereocenters. The fourth-order valence-corrected chi connectivity index (χ4v) is 2.63. The number of nitrogens with zero attached hydrogens (tertiary/aromatic N) is 2. The summed E-state index contributed by atoms with van der Waals surface area (Å²) in [5.41, 5.74) is 1.02. The average molecular weight is 276 g/mol. The van der Waals surface area contributed by atoms with Crippen LogP contribution in [0.25, 0.3) is 0 Å². The number of rotatable bonds is 5. The van der Waals surface area contributed by atoms with E-state index >= 15 is 0 Å². The van der Waals surface area contributed by atoms with Crippen LogP contribution in [-0.4, -0.2) is 29.7 Å². The number of hydrogen-bond acceptors (Lipinski definition) is 4. The summed E-state index contributed by atoms with van der Waals surface area (Å²) < 4.78 is 0.